The average Bonchev–Trinajstić information content (AvgIpc) is 2.23. The van der Waals surface area contributed by atoms with Crippen LogP contribution >= 0.6 is 0 Å². The highest BCUT2D eigenvalue weighted by Crippen LogP contribution is 2.26. The Morgan fingerprint density at radius 1 is 1.29 bits per heavy atom. The Bertz CT molecular complexity index is 367. The van der Waals surface area contributed by atoms with Gasteiger partial charge in [0.2, 0.25) is 5.78 Å². The Balaban J connectivity index is 2.20. The lowest BCUT2D eigenvalue weighted by atomic mass is 10.0. The standard InChI is InChI=1S/C11H10O3/c12-9-6-11(14-7-10(9)13)8-4-2-1-3-5-8/h1-5,7,11,13H,6H2/t11-/m1/s1. The highest BCUT2D eigenvalue weighted by molar-refractivity contribution is 5.93. The largest absolute Gasteiger partial charge is 0.502 e. The van der Waals surface area contributed by atoms with Gasteiger partial charge >= 0.3 is 0 Å². The zero-order valence-corrected chi connectivity index (χ0v) is 7.51. The van der Waals surface area contributed by atoms with Gasteiger partial charge in [-0.3, -0.25) is 4.79 Å². The van der Waals surface area contributed by atoms with Crippen LogP contribution in [0.15, 0.2) is 42.4 Å². The van der Waals surface area contributed by atoms with Crippen molar-refractivity contribution in [3.63, 3.8) is 0 Å². The van der Waals surface area contributed by atoms with E-state index in [4.69, 9.17) is 9.84 Å². The number of aliphatic hydroxyl groups is 1. The summed E-state index contributed by atoms with van der Waals surface area (Å²) in [6, 6.07) is 9.48. The van der Waals surface area contributed by atoms with Gasteiger partial charge < -0.3 is 9.84 Å². The molecule has 0 amide bonds. The second kappa shape index (κ2) is 3.54. The topological polar surface area (TPSA) is 46.5 Å². The minimum absolute atomic E-state index is 0.201. The predicted octanol–water partition coefficient (Wildman–Crippen LogP) is 2.12. The Morgan fingerprint density at radius 3 is 2.64 bits per heavy atom. The molecule has 0 bridgehead atoms. The zero-order valence-electron chi connectivity index (χ0n) is 7.51. The monoisotopic (exact) mass is 190 g/mol. The Labute approximate surface area is 81.6 Å². The lowest BCUT2D eigenvalue weighted by molar-refractivity contribution is -0.122. The molecular formula is C11H10O3. The van der Waals surface area contributed by atoms with Crippen LogP contribution in [0.2, 0.25) is 0 Å². The van der Waals surface area contributed by atoms with Crippen molar-refractivity contribution in [1.29, 1.82) is 0 Å². The van der Waals surface area contributed by atoms with Gasteiger partial charge in [0.1, 0.15) is 12.4 Å². The Kier molecular flexibility index (Phi) is 2.23. The summed E-state index contributed by atoms with van der Waals surface area (Å²) in [5.74, 6) is -0.567. The van der Waals surface area contributed by atoms with Gasteiger partial charge in [0.05, 0.1) is 6.42 Å². The molecule has 1 aliphatic heterocycles. The quantitative estimate of drug-likeness (QED) is 0.737. The van der Waals surface area contributed by atoms with Gasteiger partial charge in [0.15, 0.2) is 5.76 Å². The van der Waals surface area contributed by atoms with Crippen molar-refractivity contribution in [2.24, 2.45) is 0 Å². The van der Waals surface area contributed by atoms with E-state index < -0.39 is 0 Å². The molecule has 0 aliphatic carbocycles. The molecule has 1 aliphatic rings. The number of aliphatic hydroxyl groups excluding tert-OH is 1. The van der Waals surface area contributed by atoms with Crippen LogP contribution in [0, 0.1) is 0 Å². The number of benzene rings is 1. The maximum absolute atomic E-state index is 11.2. The van der Waals surface area contributed by atoms with E-state index in [0.29, 0.717) is 0 Å². The Hall–Kier alpha value is -1.77. The van der Waals surface area contributed by atoms with E-state index >= 15 is 0 Å². The molecule has 1 aromatic carbocycles. The fourth-order valence-electron chi connectivity index (χ4n) is 1.40. The van der Waals surface area contributed by atoms with Crippen LogP contribution < -0.4 is 0 Å². The summed E-state index contributed by atoms with van der Waals surface area (Å²) < 4.78 is 5.21. The fraction of sp³-hybridized carbons (Fsp3) is 0.182. The average molecular weight is 190 g/mol. The Morgan fingerprint density at radius 2 is 2.00 bits per heavy atom. The number of ketones is 1. The van der Waals surface area contributed by atoms with Crippen molar-refractivity contribution in [3.8, 4) is 0 Å². The molecule has 0 unspecified atom stereocenters. The molecule has 1 N–H and O–H groups in total. The van der Waals surface area contributed by atoms with Crippen molar-refractivity contribution < 1.29 is 14.6 Å². The molecule has 1 atom stereocenters. The summed E-state index contributed by atoms with van der Waals surface area (Å²) >= 11 is 0. The fourth-order valence-corrected chi connectivity index (χ4v) is 1.40. The molecule has 14 heavy (non-hydrogen) atoms. The number of rotatable bonds is 1. The second-order valence-corrected chi connectivity index (χ2v) is 3.17. The number of Topliss-reactive ketones (excluding diaryl/α,β-unsaturated/α-hetero) is 1. The first-order valence-electron chi connectivity index (χ1n) is 4.40. The summed E-state index contributed by atoms with van der Waals surface area (Å²) in [5, 5.41) is 9.03. The minimum atomic E-state index is -0.294. The maximum Gasteiger partial charge on any atom is 0.204 e. The molecule has 1 heterocycles. The number of allylic oxidation sites excluding steroid dienone is 1. The third-order valence-electron chi connectivity index (χ3n) is 2.17. The van der Waals surface area contributed by atoms with E-state index in [-0.39, 0.29) is 24.1 Å². The van der Waals surface area contributed by atoms with Crippen molar-refractivity contribution in [1.82, 2.24) is 0 Å². The first-order valence-corrected chi connectivity index (χ1v) is 4.40. The number of hydrogen-bond acceptors (Lipinski definition) is 3. The number of hydrogen-bond donors (Lipinski definition) is 1. The van der Waals surface area contributed by atoms with Crippen LogP contribution in [0.25, 0.3) is 0 Å². The molecule has 3 nitrogen and oxygen atoms in total. The summed E-state index contributed by atoms with van der Waals surface area (Å²) in [5.41, 5.74) is 0.949. The van der Waals surface area contributed by atoms with Crippen molar-refractivity contribution in [3.05, 3.63) is 47.9 Å². The molecule has 72 valence electrons. The number of carbonyl (C=O) groups is 1. The molecule has 0 fully saturated rings. The smallest absolute Gasteiger partial charge is 0.204 e. The van der Waals surface area contributed by atoms with Gasteiger partial charge in [-0.2, -0.15) is 0 Å². The van der Waals surface area contributed by atoms with Crippen LogP contribution in [0.1, 0.15) is 18.1 Å². The van der Waals surface area contributed by atoms with Crippen molar-refractivity contribution in [2.45, 2.75) is 12.5 Å². The van der Waals surface area contributed by atoms with Crippen molar-refractivity contribution in [2.75, 3.05) is 0 Å². The van der Waals surface area contributed by atoms with Gasteiger partial charge in [-0.15, -0.1) is 0 Å². The third kappa shape index (κ3) is 1.62. The van der Waals surface area contributed by atoms with Crippen LogP contribution in [0.3, 0.4) is 0 Å². The summed E-state index contributed by atoms with van der Waals surface area (Å²) in [4.78, 5) is 11.2. The third-order valence-corrected chi connectivity index (χ3v) is 2.17. The first-order chi connectivity index (χ1) is 6.77. The lowest BCUT2D eigenvalue weighted by Gasteiger charge is -2.20. The van der Waals surface area contributed by atoms with Crippen molar-refractivity contribution >= 4 is 5.78 Å². The highest BCUT2D eigenvalue weighted by atomic mass is 16.5. The summed E-state index contributed by atoms with van der Waals surface area (Å²) in [6.07, 6.45) is 1.05. The van der Waals surface area contributed by atoms with Crippen LogP contribution in [0.4, 0.5) is 0 Å². The summed E-state index contributed by atoms with van der Waals surface area (Å²) in [6.45, 7) is 0. The predicted molar refractivity (Wildman–Crippen MR) is 50.6 cm³/mol. The zero-order chi connectivity index (χ0) is 9.97. The van der Waals surface area contributed by atoms with Gasteiger partial charge in [-0.25, -0.2) is 0 Å². The lowest BCUT2D eigenvalue weighted by Crippen LogP contribution is -2.15. The normalized spacial score (nSPS) is 21.3. The van der Waals surface area contributed by atoms with Gasteiger partial charge in [-0.1, -0.05) is 30.3 Å². The summed E-state index contributed by atoms with van der Waals surface area (Å²) in [7, 11) is 0. The van der Waals surface area contributed by atoms with E-state index in [0.717, 1.165) is 11.8 Å². The van der Waals surface area contributed by atoms with E-state index in [1.165, 1.54) is 0 Å². The first kappa shape index (κ1) is 8.81. The molecule has 0 saturated heterocycles. The van der Waals surface area contributed by atoms with Crippen LogP contribution in [-0.2, 0) is 9.53 Å². The SMILES string of the molecule is O=C1C[C@H](c2ccccc2)OC=C1O. The molecule has 2 rings (SSSR count). The van der Waals surface area contributed by atoms with Crippen LogP contribution in [0.5, 0.6) is 0 Å². The van der Waals surface area contributed by atoms with Gasteiger partial charge in [-0.05, 0) is 5.56 Å². The molecule has 0 radical (unpaired) electrons. The van der Waals surface area contributed by atoms with Crippen LogP contribution in [-0.4, -0.2) is 10.9 Å². The molecule has 0 spiro atoms. The maximum atomic E-state index is 11.2. The number of ether oxygens (including phenoxy) is 1. The molecule has 0 aromatic heterocycles. The second-order valence-electron chi connectivity index (χ2n) is 3.17. The molecule has 1 aromatic rings. The highest BCUT2D eigenvalue weighted by Gasteiger charge is 2.23. The van der Waals surface area contributed by atoms with E-state index in [2.05, 4.69) is 0 Å². The van der Waals surface area contributed by atoms with E-state index in [1.54, 1.807) is 0 Å². The van der Waals surface area contributed by atoms with Gasteiger partial charge in [0.25, 0.3) is 0 Å². The molecular weight excluding hydrogens is 180 g/mol. The molecule has 3 heteroatoms. The van der Waals surface area contributed by atoms with Gasteiger partial charge in [0, 0.05) is 0 Å². The van der Waals surface area contributed by atoms with E-state index in [1.807, 2.05) is 30.3 Å². The number of carbonyl (C=O) groups excluding carboxylic acids is 1. The van der Waals surface area contributed by atoms with E-state index in [9.17, 15) is 4.79 Å². The molecule has 0 saturated carbocycles. The minimum Gasteiger partial charge on any atom is -0.502 e.